The predicted octanol–water partition coefficient (Wildman–Crippen LogP) is 4.95. The van der Waals surface area contributed by atoms with E-state index < -0.39 is 0 Å². The standard InChI is InChI=1S/C18H20/c1-15-7-11-17(12-8-15)5-3-4-6-18-13-9-16(2)10-14-18/h3,5,7-14H,4,6H2,1-2H3/b5-3+. The first-order valence-corrected chi connectivity index (χ1v) is 6.53. The summed E-state index contributed by atoms with van der Waals surface area (Å²) in [6.45, 7) is 4.24. The fraction of sp³-hybridized carbons (Fsp3) is 0.222. The Morgan fingerprint density at radius 2 is 1.33 bits per heavy atom. The zero-order valence-electron chi connectivity index (χ0n) is 11.2. The Hall–Kier alpha value is -1.82. The molecule has 0 amide bonds. The van der Waals surface area contributed by atoms with Crippen LogP contribution < -0.4 is 0 Å². The topological polar surface area (TPSA) is 0 Å². The molecule has 0 atom stereocenters. The summed E-state index contributed by atoms with van der Waals surface area (Å²) in [6, 6.07) is 17.4. The number of hydrogen-bond acceptors (Lipinski definition) is 0. The summed E-state index contributed by atoms with van der Waals surface area (Å²) in [6.07, 6.45) is 6.66. The van der Waals surface area contributed by atoms with Crippen molar-refractivity contribution in [2.75, 3.05) is 0 Å². The molecule has 0 aliphatic heterocycles. The van der Waals surface area contributed by atoms with Crippen LogP contribution in [0.4, 0.5) is 0 Å². The van der Waals surface area contributed by atoms with Gasteiger partial charge in [0.2, 0.25) is 0 Å². The van der Waals surface area contributed by atoms with E-state index >= 15 is 0 Å². The van der Waals surface area contributed by atoms with E-state index in [4.69, 9.17) is 0 Å². The predicted molar refractivity (Wildman–Crippen MR) is 79.7 cm³/mol. The van der Waals surface area contributed by atoms with E-state index in [0.717, 1.165) is 12.8 Å². The highest BCUT2D eigenvalue weighted by Crippen LogP contribution is 2.09. The summed E-state index contributed by atoms with van der Waals surface area (Å²) in [7, 11) is 0. The molecule has 0 N–H and O–H groups in total. The third-order valence-corrected chi connectivity index (χ3v) is 3.11. The zero-order valence-corrected chi connectivity index (χ0v) is 11.2. The average molecular weight is 236 g/mol. The van der Waals surface area contributed by atoms with Crippen molar-refractivity contribution in [1.82, 2.24) is 0 Å². The molecule has 0 aliphatic rings. The van der Waals surface area contributed by atoms with Gasteiger partial charge in [-0.3, -0.25) is 0 Å². The Morgan fingerprint density at radius 1 is 0.778 bits per heavy atom. The molecule has 92 valence electrons. The largest absolute Gasteiger partial charge is 0.0836 e. The Kier molecular flexibility index (Phi) is 4.35. The molecule has 0 unspecified atom stereocenters. The highest BCUT2D eigenvalue weighted by atomic mass is 14.0. The molecular formula is C18H20. The molecule has 0 aliphatic carbocycles. The first kappa shape index (κ1) is 12.6. The minimum absolute atomic E-state index is 1.09. The first-order chi connectivity index (χ1) is 8.74. The third kappa shape index (κ3) is 3.89. The van der Waals surface area contributed by atoms with Gasteiger partial charge in [0.1, 0.15) is 0 Å². The maximum absolute atomic E-state index is 2.25. The first-order valence-electron chi connectivity index (χ1n) is 6.53. The number of hydrogen-bond donors (Lipinski definition) is 0. The summed E-state index contributed by atoms with van der Waals surface area (Å²) in [5, 5.41) is 0. The SMILES string of the molecule is Cc1ccc(/C=C/CCc2ccc(C)cc2)cc1. The van der Waals surface area contributed by atoms with E-state index in [1.807, 2.05) is 0 Å². The lowest BCUT2D eigenvalue weighted by Crippen LogP contribution is -1.83. The Bertz CT molecular complexity index is 501. The third-order valence-electron chi connectivity index (χ3n) is 3.11. The van der Waals surface area contributed by atoms with Crippen molar-refractivity contribution in [2.45, 2.75) is 26.7 Å². The van der Waals surface area contributed by atoms with Gasteiger partial charge >= 0.3 is 0 Å². The maximum atomic E-state index is 2.25. The van der Waals surface area contributed by atoms with Crippen LogP contribution in [-0.2, 0) is 6.42 Å². The maximum Gasteiger partial charge on any atom is -0.0244 e. The van der Waals surface area contributed by atoms with Crippen molar-refractivity contribution in [3.8, 4) is 0 Å². The Balaban J connectivity index is 1.84. The molecule has 0 saturated heterocycles. The van der Waals surface area contributed by atoms with E-state index in [9.17, 15) is 0 Å². The van der Waals surface area contributed by atoms with E-state index in [2.05, 4.69) is 74.5 Å². The van der Waals surface area contributed by atoms with Crippen LogP contribution in [0.15, 0.2) is 54.6 Å². The second-order valence-corrected chi connectivity index (χ2v) is 4.84. The average Bonchev–Trinajstić information content (AvgIpc) is 2.39. The van der Waals surface area contributed by atoms with E-state index in [0.29, 0.717) is 0 Å². The molecule has 0 radical (unpaired) electrons. The van der Waals surface area contributed by atoms with Gasteiger partial charge in [0, 0.05) is 0 Å². The van der Waals surface area contributed by atoms with Gasteiger partial charge in [-0.1, -0.05) is 71.8 Å². The minimum atomic E-state index is 1.09. The lowest BCUT2D eigenvalue weighted by Gasteiger charge is -1.99. The monoisotopic (exact) mass is 236 g/mol. The summed E-state index contributed by atoms with van der Waals surface area (Å²) in [5.74, 6) is 0. The molecule has 0 nitrogen and oxygen atoms in total. The summed E-state index contributed by atoms with van der Waals surface area (Å²) >= 11 is 0. The second-order valence-electron chi connectivity index (χ2n) is 4.84. The van der Waals surface area contributed by atoms with Gasteiger partial charge in [0.25, 0.3) is 0 Å². The molecule has 0 heterocycles. The van der Waals surface area contributed by atoms with Crippen LogP contribution >= 0.6 is 0 Å². The molecular weight excluding hydrogens is 216 g/mol. The van der Waals surface area contributed by atoms with Gasteiger partial charge in [0.05, 0.1) is 0 Å². The number of allylic oxidation sites excluding steroid dienone is 1. The molecule has 18 heavy (non-hydrogen) atoms. The zero-order chi connectivity index (χ0) is 12.8. The number of rotatable bonds is 4. The number of aryl methyl sites for hydroxylation is 3. The minimum Gasteiger partial charge on any atom is -0.0836 e. The second kappa shape index (κ2) is 6.20. The van der Waals surface area contributed by atoms with Crippen LogP contribution in [0, 0.1) is 13.8 Å². The Morgan fingerprint density at radius 3 is 1.94 bits per heavy atom. The van der Waals surface area contributed by atoms with E-state index in [-0.39, 0.29) is 0 Å². The van der Waals surface area contributed by atoms with E-state index in [1.165, 1.54) is 22.3 Å². The lowest BCUT2D eigenvalue weighted by atomic mass is 10.1. The van der Waals surface area contributed by atoms with Crippen LogP contribution in [-0.4, -0.2) is 0 Å². The molecule has 2 aromatic carbocycles. The van der Waals surface area contributed by atoms with Gasteiger partial charge in [-0.25, -0.2) is 0 Å². The summed E-state index contributed by atoms with van der Waals surface area (Å²) < 4.78 is 0. The van der Waals surface area contributed by atoms with Crippen LogP contribution in [0.2, 0.25) is 0 Å². The van der Waals surface area contributed by atoms with Gasteiger partial charge in [-0.15, -0.1) is 0 Å². The molecule has 0 saturated carbocycles. The lowest BCUT2D eigenvalue weighted by molar-refractivity contribution is 1.00. The fourth-order valence-electron chi connectivity index (χ4n) is 1.90. The molecule has 0 spiro atoms. The quantitative estimate of drug-likeness (QED) is 0.704. The van der Waals surface area contributed by atoms with Crippen molar-refractivity contribution >= 4 is 6.08 Å². The van der Waals surface area contributed by atoms with Gasteiger partial charge in [0.15, 0.2) is 0 Å². The van der Waals surface area contributed by atoms with Crippen molar-refractivity contribution in [3.63, 3.8) is 0 Å². The van der Waals surface area contributed by atoms with Gasteiger partial charge < -0.3 is 0 Å². The van der Waals surface area contributed by atoms with E-state index in [1.54, 1.807) is 0 Å². The van der Waals surface area contributed by atoms with Crippen LogP contribution in [0.1, 0.15) is 28.7 Å². The molecule has 0 bridgehead atoms. The highest BCUT2D eigenvalue weighted by Gasteiger charge is 1.91. The molecule has 0 aromatic heterocycles. The molecule has 2 aromatic rings. The molecule has 0 heteroatoms. The van der Waals surface area contributed by atoms with Gasteiger partial charge in [-0.2, -0.15) is 0 Å². The van der Waals surface area contributed by atoms with Gasteiger partial charge in [-0.05, 0) is 37.8 Å². The van der Waals surface area contributed by atoms with Crippen LogP contribution in [0.5, 0.6) is 0 Å². The van der Waals surface area contributed by atoms with Crippen molar-refractivity contribution in [1.29, 1.82) is 0 Å². The molecule has 0 fully saturated rings. The van der Waals surface area contributed by atoms with Crippen molar-refractivity contribution in [3.05, 3.63) is 76.9 Å². The summed E-state index contributed by atoms with van der Waals surface area (Å²) in [4.78, 5) is 0. The summed E-state index contributed by atoms with van der Waals surface area (Å²) in [5.41, 5.74) is 5.33. The molecule has 2 rings (SSSR count). The van der Waals surface area contributed by atoms with Crippen LogP contribution in [0.25, 0.3) is 6.08 Å². The normalized spacial score (nSPS) is 11.0. The van der Waals surface area contributed by atoms with Crippen molar-refractivity contribution in [2.24, 2.45) is 0 Å². The Labute approximate surface area is 110 Å². The van der Waals surface area contributed by atoms with Crippen LogP contribution in [0.3, 0.4) is 0 Å². The highest BCUT2D eigenvalue weighted by molar-refractivity contribution is 5.49. The van der Waals surface area contributed by atoms with Crippen molar-refractivity contribution < 1.29 is 0 Å². The number of benzene rings is 2. The smallest absolute Gasteiger partial charge is 0.0244 e. The fourth-order valence-corrected chi connectivity index (χ4v) is 1.90.